The summed E-state index contributed by atoms with van der Waals surface area (Å²) in [5.41, 5.74) is 5.86. The Labute approximate surface area is 178 Å². The first-order valence-corrected chi connectivity index (χ1v) is 10.9. The predicted molar refractivity (Wildman–Crippen MR) is 110 cm³/mol. The number of carbonyl (C=O) groups is 1. The number of anilines is 1. The van der Waals surface area contributed by atoms with E-state index in [0.29, 0.717) is 18.8 Å². The molecule has 3 atom stereocenters. The van der Waals surface area contributed by atoms with Gasteiger partial charge in [0.25, 0.3) is 0 Å². The Morgan fingerprint density at radius 2 is 1.90 bits per heavy atom. The minimum atomic E-state index is -4.50. The number of nitrogens with two attached hydrogens (primary N) is 1. The molecule has 6 nitrogen and oxygen atoms in total. The average molecular weight is 433 g/mol. The highest BCUT2D eigenvalue weighted by molar-refractivity contribution is 5.92. The van der Waals surface area contributed by atoms with Crippen molar-refractivity contribution >= 4 is 22.6 Å². The first kappa shape index (κ1) is 20.5. The third kappa shape index (κ3) is 3.73. The lowest BCUT2D eigenvalue weighted by molar-refractivity contribution is -0.136. The first-order valence-electron chi connectivity index (χ1n) is 10.9. The van der Waals surface area contributed by atoms with Gasteiger partial charge in [0.15, 0.2) is 0 Å². The summed E-state index contributed by atoms with van der Waals surface area (Å²) in [5.74, 6) is -0.138. The fraction of sp³-hybridized carbons (Fsp3) is 0.591. The Morgan fingerprint density at radius 1 is 1.16 bits per heavy atom. The van der Waals surface area contributed by atoms with Gasteiger partial charge in [-0.15, -0.1) is 0 Å². The number of aromatic nitrogens is 2. The standard InChI is InChI=1S/C22H26F3N5O/c23-22(24,25)15-4-5-17(19-18(15)27-8-9-28-19)30-11-16(21(12-30)6-7-21)20(31)29-14-3-1-2-13(26)10-14/h4-5,8-9,13-14,16H,1-3,6-7,10-12,26H2,(H,29,31)/t13?,14-,16?/m0/s1. The SMILES string of the molecule is NC1CCC[C@H](NC(=O)C2CN(c3ccc(C(F)(F)F)c4nccnc34)CC23CC3)C1. The van der Waals surface area contributed by atoms with Crippen LogP contribution in [0.5, 0.6) is 0 Å². The van der Waals surface area contributed by atoms with Crippen LogP contribution in [0.1, 0.15) is 44.1 Å². The van der Waals surface area contributed by atoms with Crippen LogP contribution < -0.4 is 16.0 Å². The van der Waals surface area contributed by atoms with E-state index in [1.54, 1.807) is 0 Å². The third-order valence-electron chi connectivity index (χ3n) is 7.17. The van der Waals surface area contributed by atoms with Gasteiger partial charge in [0.1, 0.15) is 11.0 Å². The maximum absolute atomic E-state index is 13.4. The molecular weight excluding hydrogens is 407 g/mol. The average Bonchev–Trinajstić information content (AvgIpc) is 3.38. The molecule has 3 fully saturated rings. The van der Waals surface area contributed by atoms with Crippen molar-refractivity contribution in [3.8, 4) is 0 Å². The number of nitrogens with zero attached hydrogens (tertiary/aromatic N) is 3. The smallest absolute Gasteiger partial charge is 0.368 e. The largest absolute Gasteiger partial charge is 0.418 e. The van der Waals surface area contributed by atoms with Crippen LogP contribution in [-0.2, 0) is 11.0 Å². The lowest BCUT2D eigenvalue weighted by Crippen LogP contribution is -2.46. The Morgan fingerprint density at radius 3 is 2.58 bits per heavy atom. The number of alkyl halides is 3. The van der Waals surface area contributed by atoms with Gasteiger partial charge in [0.2, 0.25) is 5.91 Å². The van der Waals surface area contributed by atoms with Crippen LogP contribution in [0.15, 0.2) is 24.5 Å². The molecule has 0 radical (unpaired) electrons. The minimum Gasteiger partial charge on any atom is -0.368 e. The van der Waals surface area contributed by atoms with Gasteiger partial charge in [-0.3, -0.25) is 14.8 Å². The van der Waals surface area contributed by atoms with Crippen LogP contribution in [0.4, 0.5) is 18.9 Å². The molecule has 9 heteroatoms. The van der Waals surface area contributed by atoms with E-state index in [1.807, 2.05) is 4.90 Å². The molecule has 3 aliphatic rings. The Balaban J connectivity index is 1.40. The lowest BCUT2D eigenvalue weighted by Gasteiger charge is -2.29. The van der Waals surface area contributed by atoms with Gasteiger partial charge in [-0.1, -0.05) is 0 Å². The molecule has 1 aromatic heterocycles. The zero-order valence-corrected chi connectivity index (χ0v) is 17.2. The topological polar surface area (TPSA) is 84.1 Å². The number of carbonyl (C=O) groups excluding carboxylic acids is 1. The Kier molecular flexibility index (Phi) is 4.84. The third-order valence-corrected chi connectivity index (χ3v) is 7.17. The summed E-state index contributed by atoms with van der Waals surface area (Å²) in [6, 6.07) is 2.78. The summed E-state index contributed by atoms with van der Waals surface area (Å²) in [4.78, 5) is 23.4. The van der Waals surface area contributed by atoms with E-state index in [0.717, 1.165) is 44.6 Å². The molecule has 1 saturated heterocycles. The van der Waals surface area contributed by atoms with Gasteiger partial charge in [0.05, 0.1) is 17.2 Å². The molecule has 2 saturated carbocycles. The molecule has 1 aliphatic heterocycles. The van der Waals surface area contributed by atoms with Gasteiger partial charge in [0, 0.05) is 43.0 Å². The molecule has 166 valence electrons. The number of fused-ring (bicyclic) bond motifs is 1. The second kappa shape index (κ2) is 7.32. The number of halogens is 3. The van der Waals surface area contributed by atoms with E-state index in [1.165, 1.54) is 18.5 Å². The van der Waals surface area contributed by atoms with E-state index < -0.39 is 11.7 Å². The quantitative estimate of drug-likeness (QED) is 0.776. The van der Waals surface area contributed by atoms with Gasteiger partial charge in [-0.2, -0.15) is 13.2 Å². The normalized spacial score (nSPS) is 27.6. The van der Waals surface area contributed by atoms with E-state index in [-0.39, 0.29) is 40.4 Å². The summed E-state index contributed by atoms with van der Waals surface area (Å²) >= 11 is 0. The van der Waals surface area contributed by atoms with Crippen molar-refractivity contribution in [1.29, 1.82) is 0 Å². The Hall–Kier alpha value is -2.42. The monoisotopic (exact) mass is 433 g/mol. The van der Waals surface area contributed by atoms with Crippen molar-refractivity contribution in [2.75, 3.05) is 18.0 Å². The Bertz CT molecular complexity index is 1010. The van der Waals surface area contributed by atoms with Crippen LogP contribution in [0.3, 0.4) is 0 Å². The molecule has 2 aromatic rings. The molecule has 2 aliphatic carbocycles. The fourth-order valence-electron chi connectivity index (χ4n) is 5.37. The second-order valence-electron chi connectivity index (χ2n) is 9.31. The molecular formula is C22H26F3N5O. The molecule has 0 bridgehead atoms. The molecule has 31 heavy (non-hydrogen) atoms. The van der Waals surface area contributed by atoms with Crippen LogP contribution in [0, 0.1) is 11.3 Å². The summed E-state index contributed by atoms with van der Waals surface area (Å²) in [7, 11) is 0. The second-order valence-corrected chi connectivity index (χ2v) is 9.31. The summed E-state index contributed by atoms with van der Waals surface area (Å²) < 4.78 is 40.3. The summed E-state index contributed by atoms with van der Waals surface area (Å²) in [6.07, 6.45) is 3.85. The molecule has 3 N–H and O–H groups in total. The maximum Gasteiger partial charge on any atom is 0.418 e. The van der Waals surface area contributed by atoms with Crippen LogP contribution in [-0.4, -0.2) is 41.0 Å². The number of rotatable bonds is 3. The van der Waals surface area contributed by atoms with E-state index in [4.69, 9.17) is 5.73 Å². The van der Waals surface area contributed by atoms with Gasteiger partial charge in [-0.25, -0.2) is 0 Å². The van der Waals surface area contributed by atoms with Crippen molar-refractivity contribution in [1.82, 2.24) is 15.3 Å². The maximum atomic E-state index is 13.4. The number of nitrogens with one attached hydrogen (secondary N) is 1. The van der Waals surface area contributed by atoms with E-state index in [9.17, 15) is 18.0 Å². The van der Waals surface area contributed by atoms with Crippen molar-refractivity contribution in [2.45, 2.75) is 56.8 Å². The van der Waals surface area contributed by atoms with Crippen molar-refractivity contribution in [2.24, 2.45) is 17.1 Å². The molecule has 1 spiro atoms. The number of benzene rings is 1. The van der Waals surface area contributed by atoms with Gasteiger partial charge >= 0.3 is 6.18 Å². The number of amides is 1. The zero-order valence-electron chi connectivity index (χ0n) is 17.2. The van der Waals surface area contributed by atoms with Crippen molar-refractivity contribution in [3.05, 3.63) is 30.1 Å². The van der Waals surface area contributed by atoms with Crippen molar-refractivity contribution in [3.63, 3.8) is 0 Å². The number of hydrogen-bond acceptors (Lipinski definition) is 5. The molecule has 5 rings (SSSR count). The van der Waals surface area contributed by atoms with Crippen molar-refractivity contribution < 1.29 is 18.0 Å². The van der Waals surface area contributed by atoms with Crippen LogP contribution in [0.25, 0.3) is 11.0 Å². The van der Waals surface area contributed by atoms with E-state index >= 15 is 0 Å². The van der Waals surface area contributed by atoms with E-state index in [2.05, 4.69) is 15.3 Å². The fourth-order valence-corrected chi connectivity index (χ4v) is 5.37. The van der Waals surface area contributed by atoms with Crippen LogP contribution >= 0.6 is 0 Å². The number of hydrogen-bond donors (Lipinski definition) is 2. The molecule has 1 aromatic carbocycles. The summed E-state index contributed by atoms with van der Waals surface area (Å²) in [6.45, 7) is 1.12. The minimum absolute atomic E-state index is 0.0430. The molecule has 2 unspecified atom stereocenters. The van der Waals surface area contributed by atoms with Crippen LogP contribution in [0.2, 0.25) is 0 Å². The first-order chi connectivity index (χ1) is 14.8. The van der Waals surface area contributed by atoms with Gasteiger partial charge in [-0.05, 0) is 50.7 Å². The highest BCUT2D eigenvalue weighted by atomic mass is 19.4. The lowest BCUT2D eigenvalue weighted by atomic mass is 9.89. The summed E-state index contributed by atoms with van der Waals surface area (Å²) in [5, 5.41) is 3.20. The highest BCUT2D eigenvalue weighted by Gasteiger charge is 2.58. The zero-order chi connectivity index (χ0) is 21.8. The van der Waals surface area contributed by atoms with Gasteiger partial charge < -0.3 is 16.0 Å². The molecule has 2 heterocycles. The predicted octanol–water partition coefficient (Wildman–Crippen LogP) is 3.25. The molecule has 1 amide bonds. The highest BCUT2D eigenvalue weighted by Crippen LogP contribution is 2.57.